The van der Waals surface area contributed by atoms with E-state index in [0.29, 0.717) is 40.9 Å². The zero-order chi connectivity index (χ0) is 25.7. The number of carboxylic acid groups (broad SMARTS) is 1. The highest BCUT2D eigenvalue weighted by Crippen LogP contribution is 2.33. The van der Waals surface area contributed by atoms with Crippen LogP contribution in [-0.4, -0.2) is 42.5 Å². The second-order valence-corrected chi connectivity index (χ2v) is 9.04. The zero-order valence-electron chi connectivity index (χ0n) is 21.2. The van der Waals surface area contributed by atoms with Crippen LogP contribution in [0.5, 0.6) is 11.5 Å². The van der Waals surface area contributed by atoms with Crippen molar-refractivity contribution in [3.63, 3.8) is 0 Å². The number of hydrogen-bond donors (Lipinski definition) is 1. The summed E-state index contributed by atoms with van der Waals surface area (Å²) in [6.07, 6.45) is 3.69. The van der Waals surface area contributed by atoms with Crippen molar-refractivity contribution in [3.05, 3.63) is 64.5 Å². The molecule has 0 aliphatic heterocycles. The van der Waals surface area contributed by atoms with E-state index < -0.39 is 5.97 Å². The Kier molecular flexibility index (Phi) is 8.28. The lowest BCUT2D eigenvalue weighted by Gasteiger charge is -2.29. The molecule has 0 bridgehead atoms. The summed E-state index contributed by atoms with van der Waals surface area (Å²) in [5.41, 5.74) is 3.32. The van der Waals surface area contributed by atoms with E-state index in [1.54, 1.807) is 27.2 Å². The van der Waals surface area contributed by atoms with Gasteiger partial charge in [-0.25, -0.2) is 9.78 Å². The fraction of sp³-hybridized carbons (Fsp3) is 0.429. The molecule has 0 saturated heterocycles. The molecular weight excluding hydrogens is 462 g/mol. The second-order valence-electron chi connectivity index (χ2n) is 9.04. The van der Waals surface area contributed by atoms with Gasteiger partial charge in [0.15, 0.2) is 11.5 Å². The van der Waals surface area contributed by atoms with Crippen molar-refractivity contribution in [2.75, 3.05) is 14.2 Å². The summed E-state index contributed by atoms with van der Waals surface area (Å²) in [6, 6.07) is 11.0. The van der Waals surface area contributed by atoms with Crippen molar-refractivity contribution in [1.82, 2.24) is 4.98 Å². The fourth-order valence-corrected chi connectivity index (χ4v) is 4.62. The molecule has 2 aromatic carbocycles. The Hall–Kier alpha value is -3.36. The number of methoxy groups -OCH3 is 2. The number of rotatable bonds is 10. The molecule has 36 heavy (non-hydrogen) atoms. The van der Waals surface area contributed by atoms with Crippen molar-refractivity contribution < 1.29 is 33.3 Å². The van der Waals surface area contributed by atoms with E-state index in [0.717, 1.165) is 42.5 Å². The summed E-state index contributed by atoms with van der Waals surface area (Å²) in [4.78, 5) is 16.3. The SMILES string of the molecule is COc1ccc(-c2nc(CO[C@H]3CCC[C@@H](OCc4cccc(C)c4C(=O)O)C3)c(C)o2)cc1OC. The Morgan fingerprint density at radius 1 is 1.03 bits per heavy atom. The minimum Gasteiger partial charge on any atom is -0.493 e. The minimum absolute atomic E-state index is 0.0200. The molecule has 1 heterocycles. The van der Waals surface area contributed by atoms with Crippen molar-refractivity contribution >= 4 is 5.97 Å². The van der Waals surface area contributed by atoms with Gasteiger partial charge in [0, 0.05) is 5.56 Å². The number of nitrogens with zero attached hydrogens (tertiary/aromatic N) is 1. The normalized spacial score (nSPS) is 17.7. The Morgan fingerprint density at radius 3 is 2.44 bits per heavy atom. The number of carboxylic acids is 1. The average Bonchev–Trinajstić information content (AvgIpc) is 3.26. The first-order valence-electron chi connectivity index (χ1n) is 12.1. The van der Waals surface area contributed by atoms with Crippen LogP contribution in [0, 0.1) is 13.8 Å². The van der Waals surface area contributed by atoms with Crippen LogP contribution < -0.4 is 9.47 Å². The number of aromatic nitrogens is 1. The number of hydrogen-bond acceptors (Lipinski definition) is 7. The lowest BCUT2D eigenvalue weighted by molar-refractivity contribution is -0.0564. The maximum Gasteiger partial charge on any atom is 0.336 e. The first kappa shape index (κ1) is 25.7. The first-order chi connectivity index (χ1) is 17.4. The van der Waals surface area contributed by atoms with Gasteiger partial charge in [-0.1, -0.05) is 18.2 Å². The maximum absolute atomic E-state index is 11.6. The predicted molar refractivity (Wildman–Crippen MR) is 134 cm³/mol. The number of carbonyl (C=O) groups is 1. The van der Waals surface area contributed by atoms with Crippen molar-refractivity contribution in [1.29, 1.82) is 0 Å². The van der Waals surface area contributed by atoms with E-state index in [1.165, 1.54) is 0 Å². The van der Waals surface area contributed by atoms with Crippen LogP contribution in [0.3, 0.4) is 0 Å². The number of aromatic carboxylic acids is 1. The van der Waals surface area contributed by atoms with Gasteiger partial charge in [0.25, 0.3) is 0 Å². The summed E-state index contributed by atoms with van der Waals surface area (Å²) in [7, 11) is 3.19. The molecule has 1 saturated carbocycles. The molecule has 1 fully saturated rings. The Bertz CT molecular complexity index is 1200. The molecule has 0 unspecified atom stereocenters. The van der Waals surface area contributed by atoms with Gasteiger partial charge in [-0.2, -0.15) is 0 Å². The highest BCUT2D eigenvalue weighted by atomic mass is 16.5. The number of aryl methyl sites for hydroxylation is 2. The Labute approximate surface area is 211 Å². The fourth-order valence-electron chi connectivity index (χ4n) is 4.62. The predicted octanol–water partition coefficient (Wildman–Crippen LogP) is 5.72. The van der Waals surface area contributed by atoms with Crippen molar-refractivity contribution in [2.45, 2.75) is 65.0 Å². The van der Waals surface area contributed by atoms with Crippen LogP contribution >= 0.6 is 0 Å². The third kappa shape index (κ3) is 5.88. The maximum atomic E-state index is 11.6. The van der Waals surface area contributed by atoms with E-state index in [9.17, 15) is 9.90 Å². The van der Waals surface area contributed by atoms with Gasteiger partial charge in [0.1, 0.15) is 11.5 Å². The van der Waals surface area contributed by atoms with Gasteiger partial charge in [-0.15, -0.1) is 0 Å². The molecule has 8 nitrogen and oxygen atoms in total. The third-order valence-corrected chi connectivity index (χ3v) is 6.60. The first-order valence-corrected chi connectivity index (χ1v) is 12.1. The van der Waals surface area contributed by atoms with Crippen molar-refractivity contribution in [3.8, 4) is 23.0 Å². The molecule has 192 valence electrons. The molecule has 2 atom stereocenters. The standard InChI is InChI=1S/C28H33NO7/c1-17-7-5-8-20(26(17)28(30)31)15-34-21-9-6-10-22(14-21)35-16-23-18(2)36-27(29-23)19-11-12-24(32-3)25(13-19)33-4/h5,7-8,11-13,21-22H,6,9-10,14-16H2,1-4H3,(H,30,31)/t21-,22+/m1/s1. The number of benzene rings is 2. The zero-order valence-corrected chi connectivity index (χ0v) is 21.2. The molecule has 0 spiro atoms. The van der Waals surface area contributed by atoms with Crippen molar-refractivity contribution in [2.24, 2.45) is 0 Å². The monoisotopic (exact) mass is 495 g/mol. The summed E-state index contributed by atoms with van der Waals surface area (Å²) in [6.45, 7) is 4.31. The van der Waals surface area contributed by atoms with E-state index in [1.807, 2.05) is 37.3 Å². The minimum atomic E-state index is -0.924. The van der Waals surface area contributed by atoms with Crippen LogP contribution in [0.4, 0.5) is 0 Å². The Balaban J connectivity index is 1.35. The smallest absolute Gasteiger partial charge is 0.336 e. The molecule has 1 aromatic heterocycles. The Morgan fingerprint density at radius 2 is 1.75 bits per heavy atom. The molecule has 1 N–H and O–H groups in total. The third-order valence-electron chi connectivity index (χ3n) is 6.60. The van der Waals surface area contributed by atoms with Gasteiger partial charge < -0.3 is 28.5 Å². The van der Waals surface area contributed by atoms with Crippen LogP contribution in [0.2, 0.25) is 0 Å². The topological polar surface area (TPSA) is 100 Å². The van der Waals surface area contributed by atoms with Crippen LogP contribution in [0.1, 0.15) is 58.6 Å². The van der Waals surface area contributed by atoms with Gasteiger partial charge in [-0.05, 0) is 68.9 Å². The van der Waals surface area contributed by atoms with Gasteiger partial charge in [0.2, 0.25) is 5.89 Å². The summed E-state index contributed by atoms with van der Waals surface area (Å²) in [5, 5.41) is 9.55. The molecule has 0 radical (unpaired) electrons. The van der Waals surface area contributed by atoms with E-state index >= 15 is 0 Å². The lowest BCUT2D eigenvalue weighted by atomic mass is 9.94. The van der Waals surface area contributed by atoms with E-state index in [4.69, 9.17) is 23.4 Å². The van der Waals surface area contributed by atoms with Gasteiger partial charge in [-0.3, -0.25) is 0 Å². The molecule has 8 heteroatoms. The van der Waals surface area contributed by atoms with Gasteiger partial charge >= 0.3 is 5.97 Å². The highest BCUT2D eigenvalue weighted by molar-refractivity contribution is 5.91. The summed E-state index contributed by atoms with van der Waals surface area (Å²) >= 11 is 0. The molecule has 3 aromatic rings. The molecule has 1 aliphatic carbocycles. The summed E-state index contributed by atoms with van der Waals surface area (Å²) in [5.74, 6) is 1.54. The van der Waals surface area contributed by atoms with E-state index in [2.05, 4.69) is 4.98 Å². The van der Waals surface area contributed by atoms with Crippen LogP contribution in [-0.2, 0) is 22.7 Å². The average molecular weight is 496 g/mol. The summed E-state index contributed by atoms with van der Waals surface area (Å²) < 4.78 is 28.9. The number of ether oxygens (including phenoxy) is 4. The van der Waals surface area contributed by atoms with E-state index in [-0.39, 0.29) is 18.8 Å². The molecule has 1 aliphatic rings. The highest BCUT2D eigenvalue weighted by Gasteiger charge is 2.25. The second kappa shape index (κ2) is 11.6. The molecule has 4 rings (SSSR count). The lowest BCUT2D eigenvalue weighted by Crippen LogP contribution is -2.28. The number of oxazole rings is 1. The quantitative estimate of drug-likeness (QED) is 0.381. The molecular formula is C28H33NO7. The van der Waals surface area contributed by atoms with Crippen LogP contribution in [0.25, 0.3) is 11.5 Å². The molecule has 0 amide bonds. The van der Waals surface area contributed by atoms with Gasteiger partial charge in [0.05, 0.1) is 45.2 Å². The largest absolute Gasteiger partial charge is 0.493 e. The van der Waals surface area contributed by atoms with Crippen LogP contribution in [0.15, 0.2) is 40.8 Å².